The van der Waals surface area contributed by atoms with Gasteiger partial charge in [-0.1, -0.05) is 12.1 Å². The number of rotatable bonds is 3. The van der Waals surface area contributed by atoms with Crippen LogP contribution in [0.15, 0.2) is 47.3 Å². The summed E-state index contributed by atoms with van der Waals surface area (Å²) in [6.07, 6.45) is 0.597. The standard InChI is InChI=1S/C16H13IN2O2/c1-21-12-6-7-13-14(9-12)18-15(19-16(13)20)8-10-2-4-11(17)5-3-10/h2-7,9H,8H2,1H3,(H,18,19,20). The quantitative estimate of drug-likeness (QED) is 0.697. The molecule has 1 aromatic heterocycles. The van der Waals surface area contributed by atoms with Crippen molar-refractivity contribution in [2.45, 2.75) is 6.42 Å². The molecule has 1 heterocycles. The van der Waals surface area contributed by atoms with E-state index in [-0.39, 0.29) is 5.56 Å². The zero-order chi connectivity index (χ0) is 14.8. The number of ether oxygens (including phenoxy) is 1. The van der Waals surface area contributed by atoms with E-state index >= 15 is 0 Å². The number of nitrogens with zero attached hydrogens (tertiary/aromatic N) is 1. The Kier molecular flexibility index (Phi) is 3.92. The summed E-state index contributed by atoms with van der Waals surface area (Å²) in [5.41, 5.74) is 1.64. The molecule has 0 spiro atoms. The van der Waals surface area contributed by atoms with Gasteiger partial charge in [-0.3, -0.25) is 4.79 Å². The summed E-state index contributed by atoms with van der Waals surface area (Å²) in [5, 5.41) is 0.571. The van der Waals surface area contributed by atoms with Gasteiger partial charge in [0.15, 0.2) is 0 Å². The second kappa shape index (κ2) is 5.85. The number of fused-ring (bicyclic) bond motifs is 1. The molecule has 0 aliphatic rings. The van der Waals surface area contributed by atoms with E-state index in [2.05, 4.69) is 32.6 Å². The molecule has 0 unspecified atom stereocenters. The third-order valence-corrected chi connectivity index (χ3v) is 3.97. The van der Waals surface area contributed by atoms with Crippen LogP contribution >= 0.6 is 22.6 Å². The van der Waals surface area contributed by atoms with Crippen molar-refractivity contribution in [3.8, 4) is 5.75 Å². The Balaban J connectivity index is 2.02. The highest BCUT2D eigenvalue weighted by Crippen LogP contribution is 2.17. The molecule has 3 aromatic rings. The van der Waals surface area contributed by atoms with Gasteiger partial charge >= 0.3 is 0 Å². The average molecular weight is 392 g/mol. The minimum absolute atomic E-state index is 0.122. The molecule has 0 saturated carbocycles. The van der Waals surface area contributed by atoms with Crippen molar-refractivity contribution in [1.82, 2.24) is 9.97 Å². The summed E-state index contributed by atoms with van der Waals surface area (Å²) >= 11 is 2.26. The lowest BCUT2D eigenvalue weighted by molar-refractivity contribution is 0.415. The van der Waals surface area contributed by atoms with Crippen LogP contribution in [0, 0.1) is 3.57 Å². The number of aromatic nitrogens is 2. The number of benzene rings is 2. The van der Waals surface area contributed by atoms with E-state index in [4.69, 9.17) is 4.74 Å². The smallest absolute Gasteiger partial charge is 0.258 e. The molecule has 1 N–H and O–H groups in total. The summed E-state index contributed by atoms with van der Waals surface area (Å²) in [5.74, 6) is 1.35. The van der Waals surface area contributed by atoms with E-state index in [0.717, 1.165) is 5.56 Å². The first-order chi connectivity index (χ1) is 10.2. The van der Waals surface area contributed by atoms with Crippen molar-refractivity contribution in [3.63, 3.8) is 0 Å². The molecule has 21 heavy (non-hydrogen) atoms. The fourth-order valence-electron chi connectivity index (χ4n) is 2.17. The number of hydrogen-bond acceptors (Lipinski definition) is 3. The Hall–Kier alpha value is -1.89. The Morgan fingerprint density at radius 1 is 1.19 bits per heavy atom. The summed E-state index contributed by atoms with van der Waals surface area (Å²) in [4.78, 5) is 19.5. The van der Waals surface area contributed by atoms with Crippen LogP contribution in [0.4, 0.5) is 0 Å². The van der Waals surface area contributed by atoms with Gasteiger partial charge in [-0.2, -0.15) is 0 Å². The summed E-state index contributed by atoms with van der Waals surface area (Å²) in [7, 11) is 1.60. The zero-order valence-electron chi connectivity index (χ0n) is 11.4. The predicted molar refractivity (Wildman–Crippen MR) is 90.9 cm³/mol. The molecule has 0 aliphatic heterocycles. The van der Waals surface area contributed by atoms with Crippen LogP contribution in [0.3, 0.4) is 0 Å². The molecule has 3 rings (SSSR count). The predicted octanol–water partition coefficient (Wildman–Crippen LogP) is 3.13. The Morgan fingerprint density at radius 2 is 1.95 bits per heavy atom. The minimum Gasteiger partial charge on any atom is -0.497 e. The third kappa shape index (κ3) is 3.07. The van der Waals surface area contributed by atoms with Crippen molar-refractivity contribution in [3.05, 3.63) is 67.8 Å². The lowest BCUT2D eigenvalue weighted by Crippen LogP contribution is -2.12. The third-order valence-electron chi connectivity index (χ3n) is 3.25. The fraction of sp³-hybridized carbons (Fsp3) is 0.125. The van der Waals surface area contributed by atoms with Gasteiger partial charge in [0.1, 0.15) is 11.6 Å². The van der Waals surface area contributed by atoms with Gasteiger partial charge in [-0.25, -0.2) is 4.98 Å². The molecule has 106 valence electrons. The molecule has 0 bridgehead atoms. The van der Waals surface area contributed by atoms with Crippen molar-refractivity contribution in [1.29, 1.82) is 0 Å². The molecule has 0 saturated heterocycles. The van der Waals surface area contributed by atoms with E-state index in [1.54, 1.807) is 25.3 Å². The Bertz CT molecular complexity index is 841. The van der Waals surface area contributed by atoms with Gasteiger partial charge in [-0.05, 0) is 52.4 Å². The number of aromatic amines is 1. The van der Waals surface area contributed by atoms with E-state index in [1.807, 2.05) is 24.3 Å². The Morgan fingerprint density at radius 3 is 2.67 bits per heavy atom. The highest BCUT2D eigenvalue weighted by molar-refractivity contribution is 14.1. The van der Waals surface area contributed by atoms with Crippen molar-refractivity contribution in [2.24, 2.45) is 0 Å². The number of halogens is 1. The molecular formula is C16H13IN2O2. The van der Waals surface area contributed by atoms with E-state index < -0.39 is 0 Å². The van der Waals surface area contributed by atoms with Crippen molar-refractivity contribution < 1.29 is 4.74 Å². The van der Waals surface area contributed by atoms with Crippen LogP contribution < -0.4 is 10.3 Å². The first kappa shape index (κ1) is 14.1. The fourth-order valence-corrected chi connectivity index (χ4v) is 2.53. The van der Waals surface area contributed by atoms with E-state index in [1.165, 1.54) is 3.57 Å². The van der Waals surface area contributed by atoms with E-state index in [9.17, 15) is 4.79 Å². The topological polar surface area (TPSA) is 55.0 Å². The highest BCUT2D eigenvalue weighted by atomic mass is 127. The average Bonchev–Trinajstić information content (AvgIpc) is 2.49. The lowest BCUT2D eigenvalue weighted by Gasteiger charge is -2.05. The first-order valence-corrected chi connectivity index (χ1v) is 7.55. The molecule has 2 aromatic carbocycles. The van der Waals surface area contributed by atoms with E-state index in [0.29, 0.717) is 28.9 Å². The largest absolute Gasteiger partial charge is 0.497 e. The molecule has 0 aliphatic carbocycles. The van der Waals surface area contributed by atoms with Gasteiger partial charge in [0.05, 0.1) is 18.0 Å². The number of nitrogens with one attached hydrogen (secondary N) is 1. The van der Waals surface area contributed by atoms with Gasteiger partial charge < -0.3 is 9.72 Å². The summed E-state index contributed by atoms with van der Waals surface area (Å²) in [6.45, 7) is 0. The molecule has 4 nitrogen and oxygen atoms in total. The van der Waals surface area contributed by atoms with Crippen LogP contribution in [0.2, 0.25) is 0 Å². The summed E-state index contributed by atoms with van der Waals surface area (Å²) in [6, 6.07) is 13.4. The molecule has 0 atom stereocenters. The number of hydrogen-bond donors (Lipinski definition) is 1. The lowest BCUT2D eigenvalue weighted by atomic mass is 10.1. The van der Waals surface area contributed by atoms with Crippen molar-refractivity contribution in [2.75, 3.05) is 7.11 Å². The molecule has 5 heteroatoms. The maximum absolute atomic E-state index is 12.1. The van der Waals surface area contributed by atoms with Gasteiger partial charge in [-0.15, -0.1) is 0 Å². The van der Waals surface area contributed by atoms with Crippen LogP contribution in [0.5, 0.6) is 5.75 Å². The minimum atomic E-state index is -0.122. The normalized spacial score (nSPS) is 10.8. The van der Waals surface area contributed by atoms with Crippen LogP contribution in [0.1, 0.15) is 11.4 Å². The molecule has 0 radical (unpaired) electrons. The molecule has 0 amide bonds. The molecule has 0 fully saturated rings. The SMILES string of the molecule is COc1ccc2c(=O)[nH]c(Cc3ccc(I)cc3)nc2c1. The van der Waals surface area contributed by atoms with Gasteiger partial charge in [0, 0.05) is 16.1 Å². The van der Waals surface area contributed by atoms with Crippen molar-refractivity contribution >= 4 is 33.5 Å². The number of methoxy groups -OCH3 is 1. The Labute approximate surface area is 135 Å². The maximum atomic E-state index is 12.1. The first-order valence-electron chi connectivity index (χ1n) is 6.47. The second-order valence-electron chi connectivity index (χ2n) is 4.70. The van der Waals surface area contributed by atoms with Gasteiger partial charge in [0.2, 0.25) is 0 Å². The monoisotopic (exact) mass is 392 g/mol. The van der Waals surface area contributed by atoms with Crippen LogP contribution in [-0.2, 0) is 6.42 Å². The maximum Gasteiger partial charge on any atom is 0.258 e. The highest BCUT2D eigenvalue weighted by Gasteiger charge is 2.06. The summed E-state index contributed by atoms with van der Waals surface area (Å²) < 4.78 is 6.36. The number of H-pyrrole nitrogens is 1. The van der Waals surface area contributed by atoms with Crippen LogP contribution in [-0.4, -0.2) is 17.1 Å². The van der Waals surface area contributed by atoms with Crippen LogP contribution in [0.25, 0.3) is 10.9 Å². The van der Waals surface area contributed by atoms with Gasteiger partial charge in [0.25, 0.3) is 5.56 Å². The second-order valence-corrected chi connectivity index (χ2v) is 5.94. The molecular weight excluding hydrogens is 379 g/mol. The zero-order valence-corrected chi connectivity index (χ0v) is 13.5.